The highest BCUT2D eigenvalue weighted by molar-refractivity contribution is 6.43. The van der Waals surface area contributed by atoms with Gasteiger partial charge in [0.05, 0.1) is 11.1 Å². The molecule has 0 saturated carbocycles. The minimum atomic E-state index is -0.808. The molecule has 0 aliphatic carbocycles. The van der Waals surface area contributed by atoms with Gasteiger partial charge in [-0.05, 0) is 66.8 Å². The Morgan fingerprint density at radius 3 is 2.80 bits per heavy atom. The van der Waals surface area contributed by atoms with Crippen LogP contribution in [0.1, 0.15) is 25.3 Å². The largest absolute Gasteiger partial charge is 0.508 e. The average molecular weight is 425 g/mol. The molecule has 2 aromatic rings. The normalized spacial score (nSPS) is 16.9. The monoisotopic (exact) mass is 424 g/mol. The molecule has 0 amide bonds. The van der Waals surface area contributed by atoms with Gasteiger partial charge in [-0.3, -0.25) is 0 Å². The Bertz CT molecular complexity index is 939. The molecule has 0 spiro atoms. The van der Waals surface area contributed by atoms with Crippen LogP contribution >= 0.6 is 11.6 Å². The van der Waals surface area contributed by atoms with Crippen molar-refractivity contribution in [1.29, 1.82) is 0 Å². The molecule has 6 heteroatoms. The van der Waals surface area contributed by atoms with Crippen LogP contribution in [0.5, 0.6) is 11.5 Å². The molecule has 3 rings (SSSR count). The lowest BCUT2D eigenvalue weighted by Gasteiger charge is -2.28. The second-order valence-corrected chi connectivity index (χ2v) is 7.82. The number of aromatic hydroxyl groups is 1. The predicted molar refractivity (Wildman–Crippen MR) is 123 cm³/mol. The van der Waals surface area contributed by atoms with Crippen molar-refractivity contribution in [3.63, 3.8) is 0 Å². The summed E-state index contributed by atoms with van der Waals surface area (Å²) in [6, 6.07) is 14.5. The Morgan fingerprint density at radius 1 is 1.30 bits per heavy atom. The zero-order valence-corrected chi connectivity index (χ0v) is 17.8. The predicted octanol–water partition coefficient (Wildman–Crippen LogP) is 5.67. The molecule has 1 aliphatic rings. The van der Waals surface area contributed by atoms with Crippen molar-refractivity contribution in [2.75, 3.05) is 6.61 Å². The third-order valence-electron chi connectivity index (χ3n) is 4.96. The van der Waals surface area contributed by atoms with Crippen LogP contribution in [-0.4, -0.2) is 30.0 Å². The van der Waals surface area contributed by atoms with E-state index in [-0.39, 0.29) is 11.9 Å². The first kappa shape index (κ1) is 22.2. The maximum atomic E-state index is 9.97. The SMILES string of the molecule is C=C(COc1ccccc1)C1=CCB(O)OC1CC/C(C)=C/c1ccc(O)cc1Cl. The standard InChI is InChI=1S/C24H26BClO4/c1-17(14-19-9-10-20(27)15-23(19)26)8-11-24-22(12-13-25(28)30-24)18(2)16-29-21-6-4-3-5-7-21/h3-7,9-10,12,14-15,24,27-28H,2,8,11,13,16H2,1H3/b17-14+. The number of para-hydroxylation sites is 1. The fourth-order valence-corrected chi connectivity index (χ4v) is 3.60. The minimum Gasteiger partial charge on any atom is -0.508 e. The van der Waals surface area contributed by atoms with Gasteiger partial charge in [0.1, 0.15) is 18.1 Å². The van der Waals surface area contributed by atoms with E-state index in [2.05, 4.69) is 6.58 Å². The average Bonchev–Trinajstić information content (AvgIpc) is 2.73. The number of rotatable bonds is 8. The van der Waals surface area contributed by atoms with E-state index in [1.54, 1.807) is 12.1 Å². The Morgan fingerprint density at radius 2 is 2.07 bits per heavy atom. The molecule has 2 N–H and O–H groups in total. The van der Waals surface area contributed by atoms with Crippen LogP contribution in [0, 0.1) is 0 Å². The third-order valence-corrected chi connectivity index (χ3v) is 5.29. The molecule has 0 fully saturated rings. The highest BCUT2D eigenvalue weighted by Crippen LogP contribution is 2.29. The van der Waals surface area contributed by atoms with Crippen molar-refractivity contribution in [1.82, 2.24) is 0 Å². The number of phenols is 1. The van der Waals surface area contributed by atoms with E-state index >= 15 is 0 Å². The number of ether oxygens (including phenoxy) is 1. The molecule has 1 aliphatic heterocycles. The van der Waals surface area contributed by atoms with E-state index < -0.39 is 7.12 Å². The highest BCUT2D eigenvalue weighted by Gasteiger charge is 2.28. The number of hydrogen-bond acceptors (Lipinski definition) is 4. The Balaban J connectivity index is 1.62. The summed E-state index contributed by atoms with van der Waals surface area (Å²) in [6.07, 6.45) is 5.64. The summed E-state index contributed by atoms with van der Waals surface area (Å²) in [7, 11) is -0.808. The van der Waals surface area contributed by atoms with Crippen LogP contribution in [-0.2, 0) is 4.65 Å². The van der Waals surface area contributed by atoms with Crippen molar-refractivity contribution >= 4 is 24.8 Å². The van der Waals surface area contributed by atoms with Gasteiger partial charge in [-0.15, -0.1) is 0 Å². The smallest absolute Gasteiger partial charge is 0.458 e. The van der Waals surface area contributed by atoms with E-state index in [0.717, 1.165) is 34.5 Å². The molecule has 0 saturated heterocycles. The fraction of sp³-hybridized carbons (Fsp3) is 0.250. The third kappa shape index (κ3) is 6.26. The van der Waals surface area contributed by atoms with Crippen LogP contribution < -0.4 is 4.74 Å². The molecule has 1 unspecified atom stereocenters. The molecule has 1 atom stereocenters. The summed E-state index contributed by atoms with van der Waals surface area (Å²) in [5, 5.41) is 20.0. The molecule has 2 aromatic carbocycles. The van der Waals surface area contributed by atoms with Gasteiger partial charge in [0.15, 0.2) is 0 Å². The molecule has 0 radical (unpaired) electrons. The topological polar surface area (TPSA) is 58.9 Å². The number of hydrogen-bond donors (Lipinski definition) is 2. The van der Waals surface area contributed by atoms with Crippen molar-refractivity contribution in [2.45, 2.75) is 32.2 Å². The number of halogens is 1. The summed E-state index contributed by atoms with van der Waals surface area (Å²) >= 11 is 6.19. The second-order valence-electron chi connectivity index (χ2n) is 7.42. The fourth-order valence-electron chi connectivity index (χ4n) is 3.37. The van der Waals surface area contributed by atoms with Crippen molar-refractivity contribution < 1.29 is 19.5 Å². The van der Waals surface area contributed by atoms with Gasteiger partial charge in [0.2, 0.25) is 0 Å². The first-order valence-electron chi connectivity index (χ1n) is 9.97. The highest BCUT2D eigenvalue weighted by atomic mass is 35.5. The lowest BCUT2D eigenvalue weighted by atomic mass is 9.78. The summed E-state index contributed by atoms with van der Waals surface area (Å²) in [5.41, 5.74) is 3.80. The van der Waals surface area contributed by atoms with E-state index in [9.17, 15) is 10.1 Å². The molecule has 156 valence electrons. The Kier molecular flexibility index (Phi) is 7.80. The second kappa shape index (κ2) is 10.5. The summed E-state index contributed by atoms with van der Waals surface area (Å²) in [4.78, 5) is 0. The first-order valence-corrected chi connectivity index (χ1v) is 10.4. The Labute approximate surface area is 183 Å². The molecule has 0 aromatic heterocycles. The summed E-state index contributed by atoms with van der Waals surface area (Å²) < 4.78 is 11.6. The van der Waals surface area contributed by atoms with Crippen LogP contribution in [0.25, 0.3) is 6.08 Å². The van der Waals surface area contributed by atoms with Crippen LogP contribution in [0.15, 0.2) is 77.9 Å². The molecule has 30 heavy (non-hydrogen) atoms. The maximum Gasteiger partial charge on any atom is 0.458 e. The van der Waals surface area contributed by atoms with Gasteiger partial charge in [0, 0.05) is 6.32 Å². The minimum absolute atomic E-state index is 0.144. The van der Waals surface area contributed by atoms with Gasteiger partial charge in [-0.25, -0.2) is 0 Å². The lowest BCUT2D eigenvalue weighted by molar-refractivity contribution is 0.181. The maximum absolute atomic E-state index is 9.97. The van der Waals surface area contributed by atoms with E-state index in [4.69, 9.17) is 21.0 Å². The van der Waals surface area contributed by atoms with E-state index in [1.165, 1.54) is 6.07 Å². The first-order chi connectivity index (χ1) is 14.4. The van der Waals surface area contributed by atoms with Crippen molar-refractivity contribution in [3.8, 4) is 11.5 Å². The van der Waals surface area contributed by atoms with E-state index in [0.29, 0.717) is 24.4 Å². The molecule has 0 bridgehead atoms. The van der Waals surface area contributed by atoms with Crippen LogP contribution in [0.4, 0.5) is 0 Å². The molecular formula is C24H26BClO4. The number of allylic oxidation sites excluding steroid dienone is 2. The van der Waals surface area contributed by atoms with Gasteiger partial charge in [-0.1, -0.05) is 54.1 Å². The van der Waals surface area contributed by atoms with Gasteiger partial charge < -0.3 is 19.5 Å². The molecule has 4 nitrogen and oxygen atoms in total. The van der Waals surface area contributed by atoms with Crippen molar-refractivity contribution in [2.24, 2.45) is 0 Å². The summed E-state index contributed by atoms with van der Waals surface area (Å²) in [5.74, 6) is 0.933. The quantitative estimate of drug-likeness (QED) is 0.536. The van der Waals surface area contributed by atoms with Gasteiger partial charge in [0.25, 0.3) is 0 Å². The van der Waals surface area contributed by atoms with Crippen LogP contribution in [0.2, 0.25) is 11.3 Å². The lowest BCUT2D eigenvalue weighted by Crippen LogP contribution is -2.32. The Hall–Kier alpha value is -2.47. The molecule has 1 heterocycles. The zero-order chi connectivity index (χ0) is 21.5. The summed E-state index contributed by atoms with van der Waals surface area (Å²) in [6.45, 7) is 6.56. The van der Waals surface area contributed by atoms with Gasteiger partial charge >= 0.3 is 7.12 Å². The number of phenolic OH excluding ortho intramolecular Hbond substituents is 1. The van der Waals surface area contributed by atoms with E-state index in [1.807, 2.05) is 49.4 Å². The number of benzene rings is 2. The van der Waals surface area contributed by atoms with Crippen molar-refractivity contribution in [3.05, 3.63) is 88.5 Å². The molecular weight excluding hydrogens is 399 g/mol. The zero-order valence-electron chi connectivity index (χ0n) is 17.1. The van der Waals surface area contributed by atoms with Gasteiger partial charge in [-0.2, -0.15) is 0 Å². The van der Waals surface area contributed by atoms with Crippen LogP contribution in [0.3, 0.4) is 0 Å².